The number of hydrogen-bond acceptors (Lipinski definition) is 4. The Balaban J connectivity index is 2.09. The topological polar surface area (TPSA) is 60.9 Å². The highest BCUT2D eigenvalue weighted by Gasteiger charge is 2.41. The van der Waals surface area contributed by atoms with Crippen LogP contribution in [0.25, 0.3) is 0 Å². The smallest absolute Gasteiger partial charge is 0.246 e. The van der Waals surface area contributed by atoms with Crippen LogP contribution in [0, 0.1) is 0 Å². The van der Waals surface area contributed by atoms with E-state index in [9.17, 15) is 14.7 Å². The maximum Gasteiger partial charge on any atom is 0.246 e. The predicted octanol–water partition coefficient (Wildman–Crippen LogP) is 0.371. The van der Waals surface area contributed by atoms with Crippen LogP contribution in [0.15, 0.2) is 0 Å². The largest absolute Gasteiger partial charge is 0.395 e. The van der Waals surface area contributed by atoms with Crippen LogP contribution in [0.4, 0.5) is 0 Å². The number of likely N-dealkylation sites (N-methyl/N-ethyl adjacent to an activating group) is 1. The molecule has 0 radical (unpaired) electrons. The van der Waals surface area contributed by atoms with Gasteiger partial charge in [0.1, 0.15) is 0 Å². The lowest BCUT2D eigenvalue weighted by Gasteiger charge is -2.36. The van der Waals surface area contributed by atoms with Gasteiger partial charge in [0.2, 0.25) is 11.8 Å². The van der Waals surface area contributed by atoms with Gasteiger partial charge in [0.05, 0.1) is 19.1 Å². The highest BCUT2D eigenvalue weighted by Crippen LogP contribution is 2.27. The Bertz CT molecular complexity index is 326. The van der Waals surface area contributed by atoms with Crippen molar-refractivity contribution in [1.29, 1.82) is 0 Å². The molecule has 0 bridgehead atoms. The second-order valence-corrected chi connectivity index (χ2v) is 5.26. The van der Waals surface area contributed by atoms with Crippen LogP contribution >= 0.6 is 0 Å². The first-order valence-electron chi connectivity index (χ1n) is 6.82. The number of hydrogen-bond donors (Lipinski definition) is 1. The third-order valence-electron chi connectivity index (χ3n) is 4.16. The molecular formula is C13H22N2O3. The summed E-state index contributed by atoms with van der Waals surface area (Å²) in [6.45, 7) is 0.528. The molecule has 1 atom stereocenters. The Morgan fingerprint density at radius 3 is 2.44 bits per heavy atom. The summed E-state index contributed by atoms with van der Waals surface area (Å²) < 4.78 is 0. The van der Waals surface area contributed by atoms with Gasteiger partial charge < -0.3 is 5.11 Å². The average molecular weight is 254 g/mol. The molecule has 2 rings (SSSR count). The molecule has 1 saturated heterocycles. The lowest BCUT2D eigenvalue weighted by Crippen LogP contribution is -2.49. The summed E-state index contributed by atoms with van der Waals surface area (Å²) in [7, 11) is 1.54. The minimum atomic E-state index is -0.349. The van der Waals surface area contributed by atoms with E-state index in [4.69, 9.17) is 0 Å². The van der Waals surface area contributed by atoms with E-state index in [1.54, 1.807) is 7.05 Å². The SMILES string of the molecule is CN1C(=O)CC(N(CCO)C2CCCCC2)C1=O. The Kier molecular flexibility index (Phi) is 4.35. The zero-order chi connectivity index (χ0) is 13.1. The summed E-state index contributed by atoms with van der Waals surface area (Å²) in [5, 5.41) is 9.19. The van der Waals surface area contributed by atoms with E-state index >= 15 is 0 Å². The molecule has 5 heteroatoms. The highest BCUT2D eigenvalue weighted by atomic mass is 16.3. The van der Waals surface area contributed by atoms with Gasteiger partial charge in [0, 0.05) is 19.6 Å². The third kappa shape index (κ3) is 2.57. The fraction of sp³-hybridized carbons (Fsp3) is 0.846. The number of carbonyl (C=O) groups excluding carboxylic acids is 2. The predicted molar refractivity (Wildman–Crippen MR) is 66.8 cm³/mol. The number of amides is 2. The van der Waals surface area contributed by atoms with Crippen molar-refractivity contribution in [1.82, 2.24) is 9.80 Å². The van der Waals surface area contributed by atoms with Crippen molar-refractivity contribution in [2.45, 2.75) is 50.6 Å². The number of aliphatic hydroxyl groups excluding tert-OH is 1. The van der Waals surface area contributed by atoms with Gasteiger partial charge in [-0.25, -0.2) is 0 Å². The van der Waals surface area contributed by atoms with E-state index in [1.165, 1.54) is 24.2 Å². The molecule has 2 aliphatic rings. The minimum absolute atomic E-state index is 0.0399. The number of rotatable bonds is 4. The number of nitrogens with zero attached hydrogens (tertiary/aromatic N) is 2. The fourth-order valence-electron chi connectivity index (χ4n) is 3.12. The lowest BCUT2D eigenvalue weighted by atomic mass is 9.93. The molecule has 2 amide bonds. The van der Waals surface area contributed by atoms with Crippen LogP contribution in [-0.4, -0.2) is 59.0 Å². The van der Waals surface area contributed by atoms with Gasteiger partial charge in [0.25, 0.3) is 0 Å². The molecule has 1 unspecified atom stereocenters. The molecule has 18 heavy (non-hydrogen) atoms. The van der Waals surface area contributed by atoms with Crippen molar-refractivity contribution < 1.29 is 14.7 Å². The Labute approximate surface area is 108 Å². The maximum absolute atomic E-state index is 12.1. The van der Waals surface area contributed by atoms with Gasteiger partial charge in [-0.15, -0.1) is 0 Å². The summed E-state index contributed by atoms with van der Waals surface area (Å²) in [5.74, 6) is -0.220. The third-order valence-corrected chi connectivity index (χ3v) is 4.16. The molecule has 1 saturated carbocycles. The number of imide groups is 1. The van der Waals surface area contributed by atoms with Gasteiger partial charge in [-0.1, -0.05) is 19.3 Å². The van der Waals surface area contributed by atoms with E-state index in [0.29, 0.717) is 12.6 Å². The zero-order valence-electron chi connectivity index (χ0n) is 11.0. The molecule has 0 spiro atoms. The van der Waals surface area contributed by atoms with Crippen LogP contribution in [0.1, 0.15) is 38.5 Å². The van der Waals surface area contributed by atoms with Crippen molar-refractivity contribution in [3.05, 3.63) is 0 Å². The monoisotopic (exact) mass is 254 g/mol. The Hall–Kier alpha value is -0.940. The van der Waals surface area contributed by atoms with Crippen LogP contribution < -0.4 is 0 Å². The summed E-state index contributed by atoms with van der Waals surface area (Å²) in [4.78, 5) is 26.9. The van der Waals surface area contributed by atoms with E-state index in [0.717, 1.165) is 12.8 Å². The van der Waals surface area contributed by atoms with E-state index in [1.807, 2.05) is 0 Å². The molecule has 1 N–H and O–H groups in total. The molecule has 0 aromatic heterocycles. The van der Waals surface area contributed by atoms with E-state index in [-0.39, 0.29) is 30.9 Å². The molecular weight excluding hydrogens is 232 g/mol. The normalized spacial score (nSPS) is 26.4. The van der Waals surface area contributed by atoms with Crippen molar-refractivity contribution in [2.24, 2.45) is 0 Å². The number of likely N-dealkylation sites (tertiary alicyclic amines) is 1. The lowest BCUT2D eigenvalue weighted by molar-refractivity contribution is -0.138. The summed E-state index contributed by atoms with van der Waals surface area (Å²) >= 11 is 0. The fourth-order valence-corrected chi connectivity index (χ4v) is 3.12. The quantitative estimate of drug-likeness (QED) is 0.736. The van der Waals surface area contributed by atoms with Crippen LogP contribution in [0.2, 0.25) is 0 Å². The van der Waals surface area contributed by atoms with Crippen LogP contribution in [0.5, 0.6) is 0 Å². The summed E-state index contributed by atoms with van der Waals surface area (Å²) in [6.07, 6.45) is 6.02. The van der Waals surface area contributed by atoms with Crippen molar-refractivity contribution in [3.63, 3.8) is 0 Å². The molecule has 1 aliphatic carbocycles. The summed E-state index contributed by atoms with van der Waals surface area (Å²) in [5.41, 5.74) is 0. The van der Waals surface area contributed by atoms with Gasteiger partial charge in [-0.3, -0.25) is 19.4 Å². The highest BCUT2D eigenvalue weighted by molar-refractivity contribution is 6.05. The van der Waals surface area contributed by atoms with E-state index < -0.39 is 0 Å². The minimum Gasteiger partial charge on any atom is -0.395 e. The van der Waals surface area contributed by atoms with E-state index in [2.05, 4.69) is 4.90 Å². The van der Waals surface area contributed by atoms with Gasteiger partial charge in [-0.05, 0) is 12.8 Å². The van der Waals surface area contributed by atoms with Crippen molar-refractivity contribution in [2.75, 3.05) is 20.2 Å². The molecule has 102 valence electrons. The molecule has 1 aliphatic heterocycles. The first-order chi connectivity index (χ1) is 8.65. The van der Waals surface area contributed by atoms with Gasteiger partial charge >= 0.3 is 0 Å². The second kappa shape index (κ2) is 5.80. The Morgan fingerprint density at radius 1 is 1.28 bits per heavy atom. The number of aliphatic hydroxyl groups is 1. The molecule has 1 heterocycles. The summed E-state index contributed by atoms with van der Waals surface area (Å²) in [6, 6.07) is -0.00287. The molecule has 0 aromatic carbocycles. The van der Waals surface area contributed by atoms with Gasteiger partial charge in [-0.2, -0.15) is 0 Å². The standard InChI is InChI=1S/C13H22N2O3/c1-14-12(17)9-11(13(14)18)15(7-8-16)10-5-3-2-4-6-10/h10-11,16H,2-9H2,1H3. The average Bonchev–Trinajstić information content (AvgIpc) is 2.65. The Morgan fingerprint density at radius 2 is 1.94 bits per heavy atom. The van der Waals surface area contributed by atoms with Crippen LogP contribution in [0.3, 0.4) is 0 Å². The molecule has 0 aromatic rings. The molecule has 5 nitrogen and oxygen atoms in total. The molecule has 2 fully saturated rings. The van der Waals surface area contributed by atoms with Crippen molar-refractivity contribution >= 4 is 11.8 Å². The number of carbonyl (C=O) groups is 2. The first kappa shape index (κ1) is 13.5. The first-order valence-corrected chi connectivity index (χ1v) is 6.82. The maximum atomic E-state index is 12.1. The van der Waals surface area contributed by atoms with Crippen LogP contribution in [-0.2, 0) is 9.59 Å². The van der Waals surface area contributed by atoms with Crippen molar-refractivity contribution in [3.8, 4) is 0 Å². The zero-order valence-corrected chi connectivity index (χ0v) is 11.0. The van der Waals surface area contributed by atoms with Gasteiger partial charge in [0.15, 0.2) is 0 Å². The second-order valence-electron chi connectivity index (χ2n) is 5.26.